The smallest absolute Gasteiger partial charge is 0.253 e. The molecule has 0 radical (unpaired) electrons. The molecule has 0 spiro atoms. The van der Waals surface area contributed by atoms with Gasteiger partial charge in [0.2, 0.25) is 0 Å². The number of benzene rings is 1. The molecule has 108 valence electrons. The van der Waals surface area contributed by atoms with Crippen LogP contribution in [-0.4, -0.2) is 25.2 Å². The van der Waals surface area contributed by atoms with Crippen LogP contribution in [0, 0.1) is 0 Å². The zero-order valence-electron chi connectivity index (χ0n) is 11.4. The average Bonchev–Trinajstić information content (AvgIpc) is 2.86. The van der Waals surface area contributed by atoms with E-state index >= 15 is 0 Å². The number of ether oxygens (including phenoxy) is 2. The van der Waals surface area contributed by atoms with Gasteiger partial charge in [-0.25, -0.2) is 0 Å². The quantitative estimate of drug-likeness (QED) is 0.647. The molecule has 0 saturated carbocycles. The van der Waals surface area contributed by atoms with Gasteiger partial charge in [-0.2, -0.15) is 0 Å². The molecule has 1 heterocycles. The van der Waals surface area contributed by atoms with Gasteiger partial charge in [0.15, 0.2) is 0 Å². The van der Waals surface area contributed by atoms with Gasteiger partial charge in [-0.15, -0.1) is 6.58 Å². The summed E-state index contributed by atoms with van der Waals surface area (Å²) in [6.07, 6.45) is 2.74. The van der Waals surface area contributed by atoms with E-state index in [1.165, 1.54) is 0 Å². The average molecular weight is 296 g/mol. The lowest BCUT2D eigenvalue weighted by atomic mass is 10.1. The summed E-state index contributed by atoms with van der Waals surface area (Å²) in [5.41, 5.74) is 1.63. The number of rotatable bonds is 6. The van der Waals surface area contributed by atoms with Gasteiger partial charge < -0.3 is 14.8 Å². The predicted molar refractivity (Wildman–Crippen MR) is 79.5 cm³/mol. The zero-order chi connectivity index (χ0) is 14.5. The summed E-state index contributed by atoms with van der Waals surface area (Å²) in [6.45, 7) is 6.41. The number of amides is 1. The minimum absolute atomic E-state index is 0.214. The van der Waals surface area contributed by atoms with Crippen LogP contribution in [0.5, 0.6) is 5.75 Å². The summed E-state index contributed by atoms with van der Waals surface area (Å²) in [7, 11) is 0. The Kier molecular flexibility index (Phi) is 5.04. The van der Waals surface area contributed by atoms with Crippen molar-refractivity contribution in [2.75, 3.05) is 18.5 Å². The molecule has 4 nitrogen and oxygen atoms in total. The minimum Gasteiger partial charge on any atom is -0.491 e. The van der Waals surface area contributed by atoms with Crippen molar-refractivity contribution in [1.29, 1.82) is 0 Å². The third-order valence-corrected chi connectivity index (χ3v) is 3.28. The molecule has 2 rings (SSSR count). The lowest BCUT2D eigenvalue weighted by Crippen LogP contribution is -2.28. The maximum atomic E-state index is 12.1. The highest BCUT2D eigenvalue weighted by molar-refractivity contribution is 6.31. The number of carbonyl (C=O) groups is 1. The Hall–Kier alpha value is -1.52. The highest BCUT2D eigenvalue weighted by Crippen LogP contribution is 2.36. The van der Waals surface area contributed by atoms with Crippen molar-refractivity contribution >= 4 is 23.2 Å². The summed E-state index contributed by atoms with van der Waals surface area (Å²) < 4.78 is 10.9. The fourth-order valence-electron chi connectivity index (χ4n) is 2.00. The van der Waals surface area contributed by atoms with E-state index in [4.69, 9.17) is 21.1 Å². The molecule has 20 heavy (non-hydrogen) atoms. The Morgan fingerprint density at radius 1 is 1.65 bits per heavy atom. The Labute approximate surface area is 123 Å². The lowest BCUT2D eigenvalue weighted by molar-refractivity contribution is -0.126. The van der Waals surface area contributed by atoms with Crippen LogP contribution in [0.4, 0.5) is 5.69 Å². The van der Waals surface area contributed by atoms with Crippen molar-refractivity contribution < 1.29 is 14.3 Å². The van der Waals surface area contributed by atoms with Crippen LogP contribution in [0.3, 0.4) is 0 Å². The van der Waals surface area contributed by atoms with E-state index in [2.05, 4.69) is 11.9 Å². The third-order valence-electron chi connectivity index (χ3n) is 3.07. The van der Waals surface area contributed by atoms with Gasteiger partial charge in [0.1, 0.15) is 11.9 Å². The maximum absolute atomic E-state index is 12.1. The molecule has 0 saturated heterocycles. The Bertz CT molecular complexity index is 516. The highest BCUT2D eigenvalue weighted by Gasteiger charge is 2.21. The first-order valence-corrected chi connectivity index (χ1v) is 6.98. The minimum atomic E-state index is -0.536. The zero-order valence-corrected chi connectivity index (χ0v) is 12.2. The van der Waals surface area contributed by atoms with Crippen LogP contribution in [0.2, 0.25) is 5.02 Å². The molecule has 1 aromatic rings. The number of nitrogens with one attached hydrogen (secondary N) is 1. The van der Waals surface area contributed by atoms with E-state index in [9.17, 15) is 4.79 Å². The van der Waals surface area contributed by atoms with Gasteiger partial charge in [-0.3, -0.25) is 4.79 Å². The first kappa shape index (κ1) is 14.9. The van der Waals surface area contributed by atoms with E-state index in [-0.39, 0.29) is 5.91 Å². The van der Waals surface area contributed by atoms with E-state index in [0.717, 1.165) is 12.0 Å². The molecule has 1 N–H and O–H groups in total. The van der Waals surface area contributed by atoms with Gasteiger partial charge in [-0.1, -0.05) is 17.7 Å². The van der Waals surface area contributed by atoms with Gasteiger partial charge in [0, 0.05) is 17.0 Å². The van der Waals surface area contributed by atoms with E-state index in [1.807, 2.05) is 6.07 Å². The van der Waals surface area contributed by atoms with Crippen molar-refractivity contribution in [3.05, 3.63) is 35.4 Å². The molecule has 1 amide bonds. The van der Waals surface area contributed by atoms with Crippen LogP contribution < -0.4 is 10.1 Å². The molecular formula is C15H18ClNO3. The highest BCUT2D eigenvalue weighted by atomic mass is 35.5. The molecular weight excluding hydrogens is 278 g/mol. The number of hydrogen-bond acceptors (Lipinski definition) is 3. The van der Waals surface area contributed by atoms with Gasteiger partial charge in [-0.05, 0) is 25.5 Å². The van der Waals surface area contributed by atoms with Gasteiger partial charge in [0.25, 0.3) is 5.91 Å². The summed E-state index contributed by atoms with van der Waals surface area (Å²) in [4.78, 5) is 12.1. The first-order valence-electron chi connectivity index (χ1n) is 6.60. The Balaban J connectivity index is 2.03. The second-order valence-electron chi connectivity index (χ2n) is 4.62. The van der Waals surface area contributed by atoms with E-state index < -0.39 is 6.10 Å². The Morgan fingerprint density at radius 2 is 2.45 bits per heavy atom. The third kappa shape index (κ3) is 3.52. The van der Waals surface area contributed by atoms with Crippen LogP contribution >= 0.6 is 11.6 Å². The fourth-order valence-corrected chi connectivity index (χ4v) is 2.24. The molecule has 1 aliphatic rings. The van der Waals surface area contributed by atoms with Crippen molar-refractivity contribution in [1.82, 2.24) is 0 Å². The summed E-state index contributed by atoms with van der Waals surface area (Å²) in [5.74, 6) is 0.495. The van der Waals surface area contributed by atoms with Crippen molar-refractivity contribution in [3.8, 4) is 5.75 Å². The fraction of sp³-hybridized carbons (Fsp3) is 0.400. The van der Waals surface area contributed by atoms with Crippen LogP contribution in [0.25, 0.3) is 0 Å². The number of hydrogen-bond donors (Lipinski definition) is 1. The number of fused-ring (bicyclic) bond motifs is 1. The molecule has 1 aromatic carbocycles. The molecule has 1 unspecified atom stereocenters. The van der Waals surface area contributed by atoms with Gasteiger partial charge in [0.05, 0.1) is 18.9 Å². The summed E-state index contributed by atoms with van der Waals surface area (Å²) >= 11 is 6.04. The molecule has 5 heteroatoms. The standard InChI is InChI=1S/C15H18ClNO3/c1-3-4-6-19-10(2)15(18)17-13-9-12(16)8-11-5-7-20-14(11)13/h3,8-10H,1,4-7H2,2H3,(H,17,18). The topological polar surface area (TPSA) is 47.6 Å². The van der Waals surface area contributed by atoms with Crippen LogP contribution in [0.1, 0.15) is 18.9 Å². The first-order chi connectivity index (χ1) is 9.61. The normalized spacial score (nSPS) is 14.3. The second kappa shape index (κ2) is 6.77. The molecule has 0 aliphatic carbocycles. The van der Waals surface area contributed by atoms with Crippen molar-refractivity contribution in [3.63, 3.8) is 0 Å². The van der Waals surface area contributed by atoms with Crippen molar-refractivity contribution in [2.24, 2.45) is 0 Å². The Morgan fingerprint density at radius 3 is 3.20 bits per heavy atom. The second-order valence-corrected chi connectivity index (χ2v) is 5.06. The SMILES string of the molecule is C=CCCOC(C)C(=O)Nc1cc(Cl)cc2c1OCC2. The summed E-state index contributed by atoms with van der Waals surface area (Å²) in [5, 5.41) is 3.40. The monoisotopic (exact) mass is 295 g/mol. The molecule has 0 aromatic heterocycles. The van der Waals surface area contributed by atoms with Crippen molar-refractivity contribution in [2.45, 2.75) is 25.9 Å². The number of carbonyl (C=O) groups excluding carboxylic acids is 1. The maximum Gasteiger partial charge on any atom is 0.253 e. The van der Waals surface area contributed by atoms with E-state index in [1.54, 1.807) is 19.1 Å². The largest absolute Gasteiger partial charge is 0.491 e. The number of halogens is 1. The lowest BCUT2D eigenvalue weighted by Gasteiger charge is -2.15. The summed E-state index contributed by atoms with van der Waals surface area (Å²) in [6, 6.07) is 3.56. The number of anilines is 1. The molecule has 1 aliphatic heterocycles. The molecule has 0 fully saturated rings. The molecule has 1 atom stereocenters. The van der Waals surface area contributed by atoms with Gasteiger partial charge >= 0.3 is 0 Å². The van der Waals surface area contributed by atoms with Crippen LogP contribution in [0.15, 0.2) is 24.8 Å². The van der Waals surface area contributed by atoms with Crippen LogP contribution in [-0.2, 0) is 16.0 Å². The molecule has 0 bridgehead atoms. The van der Waals surface area contributed by atoms with E-state index in [0.29, 0.717) is 36.1 Å². The predicted octanol–water partition coefficient (Wildman–Crippen LogP) is 3.19.